The first-order valence-corrected chi connectivity index (χ1v) is 7.87. The van der Waals surface area contributed by atoms with E-state index in [0.29, 0.717) is 16.8 Å². The second-order valence-electron chi connectivity index (χ2n) is 5.65. The molecule has 1 saturated heterocycles. The Balaban J connectivity index is 1.76. The summed E-state index contributed by atoms with van der Waals surface area (Å²) >= 11 is 6.45. The van der Waals surface area contributed by atoms with Crippen LogP contribution in [0.5, 0.6) is 0 Å². The van der Waals surface area contributed by atoms with Gasteiger partial charge >= 0.3 is 0 Å². The van der Waals surface area contributed by atoms with Crippen molar-refractivity contribution in [3.05, 3.63) is 29.0 Å². The molecule has 0 radical (unpaired) electrons. The van der Waals surface area contributed by atoms with E-state index in [1.54, 1.807) is 6.92 Å². The minimum atomic E-state index is 0.195. The molecule has 1 aliphatic rings. The van der Waals surface area contributed by atoms with Crippen LogP contribution >= 0.6 is 11.6 Å². The molecular weight excluding hydrogens is 314 g/mol. The molecule has 2 heterocycles. The van der Waals surface area contributed by atoms with Crippen LogP contribution < -0.4 is 16.0 Å². The molecule has 1 aromatic carbocycles. The van der Waals surface area contributed by atoms with Gasteiger partial charge in [0.1, 0.15) is 5.82 Å². The number of aromatic nitrogens is 3. The molecule has 8 heteroatoms. The van der Waals surface area contributed by atoms with Crippen LogP contribution in [0.3, 0.4) is 0 Å². The van der Waals surface area contributed by atoms with Gasteiger partial charge in [0.25, 0.3) is 0 Å². The Morgan fingerprint density at radius 2 is 1.87 bits per heavy atom. The minimum Gasteiger partial charge on any atom is -0.368 e. The van der Waals surface area contributed by atoms with Crippen LogP contribution in [0.15, 0.2) is 18.2 Å². The van der Waals surface area contributed by atoms with Crippen molar-refractivity contribution in [2.75, 3.05) is 49.2 Å². The summed E-state index contributed by atoms with van der Waals surface area (Å²) in [5.74, 6) is 1.18. The molecule has 0 unspecified atom stereocenters. The Morgan fingerprint density at radius 3 is 2.52 bits per heavy atom. The fraction of sp³-hybridized carbons (Fsp3) is 0.400. The van der Waals surface area contributed by atoms with E-state index in [0.717, 1.165) is 37.6 Å². The highest BCUT2D eigenvalue weighted by Crippen LogP contribution is 2.30. The fourth-order valence-corrected chi connectivity index (χ4v) is 2.88. The molecule has 1 fully saturated rings. The van der Waals surface area contributed by atoms with Crippen LogP contribution in [0.1, 0.15) is 5.82 Å². The summed E-state index contributed by atoms with van der Waals surface area (Å²) in [6, 6.07) is 5.87. The lowest BCUT2D eigenvalue weighted by Gasteiger charge is -2.34. The monoisotopic (exact) mass is 333 g/mol. The number of nitrogens with one attached hydrogen (secondary N) is 1. The first-order chi connectivity index (χ1) is 11.0. The average molecular weight is 334 g/mol. The number of aryl methyl sites for hydroxylation is 1. The van der Waals surface area contributed by atoms with Gasteiger partial charge in [-0.05, 0) is 32.2 Å². The molecule has 0 amide bonds. The van der Waals surface area contributed by atoms with Crippen molar-refractivity contribution in [1.29, 1.82) is 0 Å². The third kappa shape index (κ3) is 3.80. The standard InChI is InChI=1S/C15H20ClN7/c1-10-18-14(17)21-15(19-10)20-11-3-4-13(12(16)9-11)23-7-5-22(2)6-8-23/h3-4,9H,5-8H2,1-2H3,(H3,17,18,19,20,21). The predicted octanol–water partition coefficient (Wildman–Crippen LogP) is 1.91. The minimum absolute atomic E-state index is 0.195. The molecule has 0 spiro atoms. The number of nitrogen functional groups attached to an aromatic ring is 1. The zero-order chi connectivity index (χ0) is 16.4. The van der Waals surface area contributed by atoms with Crippen molar-refractivity contribution >= 4 is 34.9 Å². The van der Waals surface area contributed by atoms with E-state index >= 15 is 0 Å². The van der Waals surface area contributed by atoms with Gasteiger partial charge in [-0.15, -0.1) is 0 Å². The second-order valence-corrected chi connectivity index (χ2v) is 6.05. The largest absolute Gasteiger partial charge is 0.368 e. The van der Waals surface area contributed by atoms with Crippen molar-refractivity contribution in [1.82, 2.24) is 19.9 Å². The van der Waals surface area contributed by atoms with Gasteiger partial charge in [0.2, 0.25) is 11.9 Å². The zero-order valence-corrected chi connectivity index (χ0v) is 14.0. The summed E-state index contributed by atoms with van der Waals surface area (Å²) in [6.45, 7) is 5.81. The van der Waals surface area contributed by atoms with Gasteiger partial charge in [0.15, 0.2) is 0 Å². The number of nitrogens with zero attached hydrogens (tertiary/aromatic N) is 5. The van der Waals surface area contributed by atoms with Crippen molar-refractivity contribution in [3.63, 3.8) is 0 Å². The van der Waals surface area contributed by atoms with Crippen molar-refractivity contribution in [2.45, 2.75) is 6.92 Å². The molecule has 3 N–H and O–H groups in total. The highest BCUT2D eigenvalue weighted by Gasteiger charge is 2.16. The highest BCUT2D eigenvalue weighted by molar-refractivity contribution is 6.33. The second kappa shape index (κ2) is 6.55. The topological polar surface area (TPSA) is 83.2 Å². The quantitative estimate of drug-likeness (QED) is 0.887. The molecule has 1 aliphatic heterocycles. The van der Waals surface area contributed by atoms with E-state index in [-0.39, 0.29) is 5.95 Å². The molecule has 3 rings (SSSR count). The van der Waals surface area contributed by atoms with E-state index in [1.165, 1.54) is 0 Å². The molecule has 0 bridgehead atoms. The highest BCUT2D eigenvalue weighted by atomic mass is 35.5. The lowest BCUT2D eigenvalue weighted by molar-refractivity contribution is 0.313. The smallest absolute Gasteiger partial charge is 0.232 e. The molecule has 0 saturated carbocycles. The first kappa shape index (κ1) is 15.8. The van der Waals surface area contributed by atoms with Crippen LogP contribution in [-0.2, 0) is 0 Å². The zero-order valence-electron chi connectivity index (χ0n) is 13.3. The Bertz CT molecular complexity index is 678. The summed E-state index contributed by atoms with van der Waals surface area (Å²) in [5.41, 5.74) is 7.51. The normalized spacial score (nSPS) is 15.7. The van der Waals surface area contributed by atoms with Crippen molar-refractivity contribution in [2.24, 2.45) is 0 Å². The maximum atomic E-state index is 6.45. The van der Waals surface area contributed by atoms with Crippen LogP contribution in [0.2, 0.25) is 5.02 Å². The van der Waals surface area contributed by atoms with Crippen molar-refractivity contribution < 1.29 is 0 Å². The van der Waals surface area contributed by atoms with Crippen LogP contribution in [-0.4, -0.2) is 53.1 Å². The number of nitrogens with two attached hydrogens (primary N) is 1. The van der Waals surface area contributed by atoms with Gasteiger partial charge in [0, 0.05) is 31.9 Å². The molecule has 1 aromatic heterocycles. The number of anilines is 4. The SMILES string of the molecule is Cc1nc(N)nc(Nc2ccc(N3CCN(C)CC3)c(Cl)c2)n1. The molecule has 23 heavy (non-hydrogen) atoms. The Labute approximate surface area is 140 Å². The van der Waals surface area contributed by atoms with Crippen LogP contribution in [0.4, 0.5) is 23.3 Å². The number of hydrogen-bond donors (Lipinski definition) is 2. The molecule has 122 valence electrons. The Kier molecular flexibility index (Phi) is 4.49. The number of benzene rings is 1. The van der Waals surface area contributed by atoms with E-state index < -0.39 is 0 Å². The maximum Gasteiger partial charge on any atom is 0.232 e. The molecule has 0 atom stereocenters. The Morgan fingerprint density at radius 1 is 1.13 bits per heavy atom. The lowest BCUT2D eigenvalue weighted by atomic mass is 10.2. The first-order valence-electron chi connectivity index (χ1n) is 7.49. The maximum absolute atomic E-state index is 6.45. The van der Waals surface area contributed by atoms with Gasteiger partial charge in [0.05, 0.1) is 10.7 Å². The average Bonchev–Trinajstić information content (AvgIpc) is 2.47. The summed E-state index contributed by atoms with van der Waals surface area (Å²) in [6.07, 6.45) is 0. The van der Waals surface area contributed by atoms with Gasteiger partial charge in [-0.2, -0.15) is 15.0 Å². The van der Waals surface area contributed by atoms with Crippen LogP contribution in [0, 0.1) is 6.92 Å². The van der Waals surface area contributed by atoms with Crippen LogP contribution in [0.25, 0.3) is 0 Å². The van der Waals surface area contributed by atoms with E-state index in [2.05, 4.69) is 37.1 Å². The lowest BCUT2D eigenvalue weighted by Crippen LogP contribution is -2.44. The van der Waals surface area contributed by atoms with Gasteiger partial charge in [-0.25, -0.2) is 0 Å². The van der Waals surface area contributed by atoms with Gasteiger partial charge < -0.3 is 20.9 Å². The number of halogens is 1. The third-order valence-electron chi connectivity index (χ3n) is 3.81. The molecule has 2 aromatic rings. The Hall–Kier alpha value is -2.12. The number of rotatable bonds is 3. The van der Waals surface area contributed by atoms with E-state index in [9.17, 15) is 0 Å². The van der Waals surface area contributed by atoms with Gasteiger partial charge in [-0.3, -0.25) is 0 Å². The predicted molar refractivity (Wildman–Crippen MR) is 93.4 cm³/mol. The summed E-state index contributed by atoms with van der Waals surface area (Å²) < 4.78 is 0. The molecular formula is C15H20ClN7. The van der Waals surface area contributed by atoms with Gasteiger partial charge in [-0.1, -0.05) is 11.6 Å². The summed E-state index contributed by atoms with van der Waals surface area (Å²) in [4.78, 5) is 16.8. The molecule has 0 aliphatic carbocycles. The summed E-state index contributed by atoms with van der Waals surface area (Å²) in [7, 11) is 2.13. The fourth-order valence-electron chi connectivity index (χ4n) is 2.58. The number of likely N-dealkylation sites (N-methyl/N-ethyl adjacent to an activating group) is 1. The van der Waals surface area contributed by atoms with Crippen molar-refractivity contribution in [3.8, 4) is 0 Å². The van der Waals surface area contributed by atoms with E-state index in [1.807, 2.05) is 18.2 Å². The number of piperazine rings is 1. The molecule has 7 nitrogen and oxygen atoms in total. The third-order valence-corrected chi connectivity index (χ3v) is 4.12. The number of hydrogen-bond acceptors (Lipinski definition) is 7. The summed E-state index contributed by atoms with van der Waals surface area (Å²) in [5, 5.41) is 3.82. The van der Waals surface area contributed by atoms with E-state index in [4.69, 9.17) is 17.3 Å².